The number of aromatic carboxylic acids is 1. The number of hydrogen-bond donors (Lipinski definition) is 4. The summed E-state index contributed by atoms with van der Waals surface area (Å²) in [5.41, 5.74) is 0.612. The number of carbonyl (C=O) groups is 2. The number of carboxylic acids is 1. The number of aliphatic hydroxyl groups is 1. The van der Waals surface area contributed by atoms with Gasteiger partial charge >= 0.3 is 13.1 Å². The molecule has 2 atom stereocenters. The molecule has 1 amide bonds. The second kappa shape index (κ2) is 8.10. The Bertz CT molecular complexity index is 676. The van der Waals surface area contributed by atoms with E-state index < -0.39 is 24.9 Å². The molecule has 0 saturated heterocycles. The Hall–Kier alpha value is -2.06. The van der Waals surface area contributed by atoms with E-state index in [1.54, 1.807) is 12.1 Å². The van der Waals surface area contributed by atoms with Crippen molar-refractivity contribution in [3.8, 4) is 5.75 Å². The second-order valence-corrected chi connectivity index (χ2v) is 7.11. The summed E-state index contributed by atoms with van der Waals surface area (Å²) in [5.74, 6) is -2.30. The van der Waals surface area contributed by atoms with E-state index in [1.165, 1.54) is 6.07 Å². The van der Waals surface area contributed by atoms with E-state index in [-0.39, 0.29) is 36.2 Å². The molecular weight excluding hydrogens is 337 g/mol. The van der Waals surface area contributed by atoms with E-state index in [0.717, 1.165) is 32.1 Å². The molecule has 1 aliphatic carbocycles. The van der Waals surface area contributed by atoms with Gasteiger partial charge in [-0.2, -0.15) is 0 Å². The quantitative estimate of drug-likeness (QED) is 0.582. The summed E-state index contributed by atoms with van der Waals surface area (Å²) in [6.07, 6.45) is 5.41. The summed E-state index contributed by atoms with van der Waals surface area (Å²) in [5, 5.41) is 31.9. The average Bonchev–Trinajstić information content (AvgIpc) is 2.63. The van der Waals surface area contributed by atoms with Gasteiger partial charge in [-0.15, -0.1) is 0 Å². The maximum absolute atomic E-state index is 12.6. The molecule has 0 aromatic heterocycles. The van der Waals surface area contributed by atoms with Crippen molar-refractivity contribution in [2.24, 2.45) is 11.8 Å². The number of nitrogens with one attached hydrogen (secondary N) is 1. The molecule has 2 aliphatic rings. The normalized spacial score (nSPS) is 21.5. The predicted octanol–water partition coefficient (Wildman–Crippen LogP) is 1.01. The first-order valence-electron chi connectivity index (χ1n) is 9.12. The van der Waals surface area contributed by atoms with Crippen molar-refractivity contribution in [1.29, 1.82) is 0 Å². The van der Waals surface area contributed by atoms with Gasteiger partial charge < -0.3 is 25.2 Å². The summed E-state index contributed by atoms with van der Waals surface area (Å²) in [7, 11) is -1.34. The average molecular weight is 361 g/mol. The van der Waals surface area contributed by atoms with E-state index in [9.17, 15) is 24.8 Å². The molecule has 1 heterocycles. The first kappa shape index (κ1) is 18.7. The predicted molar refractivity (Wildman–Crippen MR) is 94.8 cm³/mol. The number of para-hydroxylation sites is 1. The van der Waals surface area contributed by atoms with Gasteiger partial charge in [0.15, 0.2) is 0 Å². The van der Waals surface area contributed by atoms with E-state index in [0.29, 0.717) is 5.56 Å². The van der Waals surface area contributed by atoms with Gasteiger partial charge in [0.1, 0.15) is 5.75 Å². The van der Waals surface area contributed by atoms with Gasteiger partial charge in [-0.3, -0.25) is 4.79 Å². The third kappa shape index (κ3) is 3.86. The number of rotatable bonds is 5. The first-order chi connectivity index (χ1) is 12.5. The van der Waals surface area contributed by atoms with Crippen molar-refractivity contribution in [2.45, 2.75) is 44.5 Å². The maximum atomic E-state index is 12.6. The lowest BCUT2D eigenvalue weighted by atomic mass is 9.71. The molecule has 8 heteroatoms. The highest BCUT2D eigenvalue weighted by Gasteiger charge is 2.39. The minimum atomic E-state index is -1.34. The van der Waals surface area contributed by atoms with Crippen LogP contribution in [0.25, 0.3) is 0 Å². The van der Waals surface area contributed by atoms with Crippen molar-refractivity contribution in [3.63, 3.8) is 0 Å². The van der Waals surface area contributed by atoms with Crippen molar-refractivity contribution in [1.82, 2.24) is 5.32 Å². The van der Waals surface area contributed by atoms with Crippen LogP contribution in [0.1, 0.15) is 48.0 Å². The monoisotopic (exact) mass is 361 g/mol. The lowest BCUT2D eigenvalue weighted by Crippen LogP contribution is -2.55. The smallest absolute Gasteiger partial charge is 0.534 e. The fraction of sp³-hybridized carbons (Fsp3) is 0.556. The molecule has 4 N–H and O–H groups in total. The summed E-state index contributed by atoms with van der Waals surface area (Å²) >= 11 is 0. The SMILES string of the molecule is O=C(O)c1cccc2c1OB(O)[C@@H](NC(=O)C(CO)C1CCCCC1)C2. The molecular formula is C18H24BNO6. The Balaban J connectivity index is 1.71. The lowest BCUT2D eigenvalue weighted by molar-refractivity contribution is -0.129. The van der Waals surface area contributed by atoms with E-state index in [2.05, 4.69) is 5.32 Å². The van der Waals surface area contributed by atoms with Crippen LogP contribution >= 0.6 is 0 Å². The van der Waals surface area contributed by atoms with E-state index in [1.807, 2.05) is 0 Å². The molecule has 1 aromatic carbocycles. The van der Waals surface area contributed by atoms with Gasteiger partial charge in [-0.05, 0) is 36.8 Å². The molecule has 1 fully saturated rings. The van der Waals surface area contributed by atoms with Gasteiger partial charge in [0.2, 0.25) is 5.91 Å². The van der Waals surface area contributed by atoms with Gasteiger partial charge in [0.05, 0.1) is 24.0 Å². The van der Waals surface area contributed by atoms with Crippen molar-refractivity contribution >= 4 is 19.0 Å². The van der Waals surface area contributed by atoms with Crippen LogP contribution in [-0.4, -0.2) is 46.8 Å². The van der Waals surface area contributed by atoms with Crippen LogP contribution in [0.4, 0.5) is 0 Å². The summed E-state index contributed by atoms with van der Waals surface area (Å²) in [4.78, 5) is 23.9. The molecule has 1 aromatic rings. The summed E-state index contributed by atoms with van der Waals surface area (Å²) in [6.45, 7) is -0.222. The number of aliphatic hydroxyl groups excluding tert-OH is 1. The first-order valence-corrected chi connectivity index (χ1v) is 9.12. The van der Waals surface area contributed by atoms with Crippen LogP contribution in [-0.2, 0) is 11.2 Å². The topological polar surface area (TPSA) is 116 Å². The molecule has 1 aliphatic heterocycles. The van der Waals surface area contributed by atoms with Crippen LogP contribution < -0.4 is 9.97 Å². The molecule has 1 unspecified atom stereocenters. The molecule has 0 radical (unpaired) electrons. The van der Waals surface area contributed by atoms with Crippen LogP contribution in [0.3, 0.4) is 0 Å². The van der Waals surface area contributed by atoms with Crippen molar-refractivity contribution in [2.75, 3.05) is 6.61 Å². The Morgan fingerprint density at radius 3 is 2.65 bits per heavy atom. The highest BCUT2D eigenvalue weighted by Crippen LogP contribution is 2.32. The van der Waals surface area contributed by atoms with Crippen LogP contribution in [0.5, 0.6) is 5.75 Å². The Labute approximate surface area is 152 Å². The minimum Gasteiger partial charge on any atom is -0.534 e. The molecule has 140 valence electrons. The number of carboxylic acid groups (broad SMARTS) is 1. The number of amides is 1. The number of benzene rings is 1. The third-order valence-corrected chi connectivity index (χ3v) is 5.43. The number of fused-ring (bicyclic) bond motifs is 1. The molecule has 7 nitrogen and oxygen atoms in total. The minimum absolute atomic E-state index is 0.0123. The maximum Gasteiger partial charge on any atom is 0.547 e. The Morgan fingerprint density at radius 2 is 2.00 bits per heavy atom. The highest BCUT2D eigenvalue weighted by atomic mass is 16.5. The van der Waals surface area contributed by atoms with Gasteiger partial charge in [-0.25, -0.2) is 4.79 Å². The fourth-order valence-electron chi connectivity index (χ4n) is 3.99. The standard InChI is InChI=1S/C18H24BNO6/c21-10-14(11-5-2-1-3-6-11)17(22)20-15-9-12-7-4-8-13(18(23)24)16(12)26-19(15)25/h4,7-8,11,14-15,21,25H,1-3,5-6,9-10H2,(H,20,22)(H,23,24)/t14?,15-/m0/s1. The van der Waals surface area contributed by atoms with E-state index >= 15 is 0 Å². The molecule has 1 saturated carbocycles. The zero-order valence-electron chi connectivity index (χ0n) is 14.6. The summed E-state index contributed by atoms with van der Waals surface area (Å²) in [6, 6.07) is 4.75. The number of carbonyl (C=O) groups excluding carboxylic acids is 1. The second-order valence-electron chi connectivity index (χ2n) is 7.11. The van der Waals surface area contributed by atoms with E-state index in [4.69, 9.17) is 4.65 Å². The Morgan fingerprint density at radius 1 is 1.27 bits per heavy atom. The molecule has 0 bridgehead atoms. The van der Waals surface area contributed by atoms with Crippen LogP contribution in [0.2, 0.25) is 0 Å². The van der Waals surface area contributed by atoms with Crippen molar-refractivity contribution in [3.05, 3.63) is 29.3 Å². The summed E-state index contributed by atoms with van der Waals surface area (Å²) < 4.78 is 5.39. The van der Waals surface area contributed by atoms with Crippen molar-refractivity contribution < 1.29 is 29.5 Å². The Kier molecular flexibility index (Phi) is 5.83. The third-order valence-electron chi connectivity index (χ3n) is 5.43. The molecule has 3 rings (SSSR count). The zero-order chi connectivity index (χ0) is 18.7. The highest BCUT2D eigenvalue weighted by molar-refractivity contribution is 6.47. The lowest BCUT2D eigenvalue weighted by Gasteiger charge is -2.32. The largest absolute Gasteiger partial charge is 0.547 e. The fourth-order valence-corrected chi connectivity index (χ4v) is 3.99. The van der Waals surface area contributed by atoms with Crippen LogP contribution in [0.15, 0.2) is 18.2 Å². The number of hydrogen-bond acceptors (Lipinski definition) is 5. The van der Waals surface area contributed by atoms with Gasteiger partial charge in [0, 0.05) is 0 Å². The molecule has 26 heavy (non-hydrogen) atoms. The zero-order valence-corrected chi connectivity index (χ0v) is 14.6. The molecule has 0 spiro atoms. The van der Waals surface area contributed by atoms with Gasteiger partial charge in [0.25, 0.3) is 0 Å². The van der Waals surface area contributed by atoms with Crippen LogP contribution in [0, 0.1) is 11.8 Å². The van der Waals surface area contributed by atoms with Gasteiger partial charge in [-0.1, -0.05) is 31.4 Å².